The highest BCUT2D eigenvalue weighted by Crippen LogP contribution is 2.30. The van der Waals surface area contributed by atoms with Gasteiger partial charge in [0, 0.05) is 5.56 Å². The maximum Gasteiger partial charge on any atom is 0.230 e. The Labute approximate surface area is 144 Å². The smallest absolute Gasteiger partial charge is 0.230 e. The number of aldehydes is 1. The summed E-state index contributed by atoms with van der Waals surface area (Å²) in [5.74, 6) is 1.24. The molecule has 3 aromatic carbocycles. The fourth-order valence-electron chi connectivity index (χ4n) is 2.65. The van der Waals surface area contributed by atoms with E-state index >= 15 is 0 Å². The first-order valence-electron chi connectivity index (χ1n) is 7.87. The van der Waals surface area contributed by atoms with E-state index in [4.69, 9.17) is 4.74 Å². The number of hydrogen-bond acceptors (Lipinski definition) is 4. The van der Waals surface area contributed by atoms with Crippen LogP contribution in [0.5, 0.6) is 11.6 Å². The summed E-state index contributed by atoms with van der Waals surface area (Å²) < 4.78 is 5.92. The molecule has 1 aromatic heterocycles. The number of benzene rings is 3. The zero-order valence-electron chi connectivity index (χ0n) is 13.3. The molecule has 0 saturated carbocycles. The Kier molecular flexibility index (Phi) is 3.92. The van der Waals surface area contributed by atoms with E-state index in [-0.39, 0.29) is 0 Å². The Morgan fingerprint density at radius 2 is 1.56 bits per heavy atom. The summed E-state index contributed by atoms with van der Waals surface area (Å²) in [6.45, 7) is 0. The van der Waals surface area contributed by atoms with Crippen LogP contribution in [-0.2, 0) is 0 Å². The van der Waals surface area contributed by atoms with Gasteiger partial charge >= 0.3 is 0 Å². The Balaban J connectivity index is 1.78. The van der Waals surface area contributed by atoms with Crippen molar-refractivity contribution in [3.8, 4) is 22.8 Å². The third-order valence-corrected chi connectivity index (χ3v) is 3.94. The van der Waals surface area contributed by atoms with Crippen molar-refractivity contribution >= 4 is 17.2 Å². The number of carbonyl (C=O) groups excluding carboxylic acids is 1. The van der Waals surface area contributed by atoms with Gasteiger partial charge in [0.2, 0.25) is 5.88 Å². The van der Waals surface area contributed by atoms with Crippen molar-refractivity contribution in [3.63, 3.8) is 0 Å². The van der Waals surface area contributed by atoms with Crippen molar-refractivity contribution in [2.45, 2.75) is 0 Å². The number of fused-ring (bicyclic) bond motifs is 1. The Bertz CT molecular complexity index is 1030. The maximum absolute atomic E-state index is 10.8. The lowest BCUT2D eigenvalue weighted by molar-refractivity contribution is 0.112. The van der Waals surface area contributed by atoms with Gasteiger partial charge in [-0.2, -0.15) is 0 Å². The second kappa shape index (κ2) is 6.53. The van der Waals surface area contributed by atoms with Gasteiger partial charge in [-0.1, -0.05) is 48.5 Å². The quantitative estimate of drug-likeness (QED) is 0.500. The summed E-state index contributed by atoms with van der Waals surface area (Å²) in [6.07, 6.45) is 2.34. The lowest BCUT2D eigenvalue weighted by Gasteiger charge is -2.09. The molecule has 0 radical (unpaired) electrons. The van der Waals surface area contributed by atoms with Crippen LogP contribution in [0.2, 0.25) is 0 Å². The molecule has 0 aliphatic heterocycles. The van der Waals surface area contributed by atoms with E-state index in [0.29, 0.717) is 11.4 Å². The van der Waals surface area contributed by atoms with Crippen molar-refractivity contribution in [3.05, 3.63) is 84.7 Å². The molecule has 4 heteroatoms. The molecule has 0 aliphatic rings. The third kappa shape index (κ3) is 3.10. The van der Waals surface area contributed by atoms with E-state index in [1.54, 1.807) is 12.1 Å². The lowest BCUT2D eigenvalue weighted by atomic mass is 10.0. The van der Waals surface area contributed by atoms with Gasteiger partial charge < -0.3 is 4.74 Å². The molecule has 4 nitrogen and oxygen atoms in total. The average Bonchev–Trinajstić information content (AvgIpc) is 2.69. The van der Waals surface area contributed by atoms with E-state index in [1.165, 1.54) is 6.33 Å². The lowest BCUT2D eigenvalue weighted by Crippen LogP contribution is -1.92. The summed E-state index contributed by atoms with van der Waals surface area (Å²) in [4.78, 5) is 19.4. The number of rotatable bonds is 4. The predicted octanol–water partition coefficient (Wildman–Crippen LogP) is 4.90. The molecule has 4 aromatic rings. The molecule has 0 unspecified atom stereocenters. The highest BCUT2D eigenvalue weighted by Gasteiger charge is 2.08. The van der Waals surface area contributed by atoms with Crippen molar-refractivity contribution in [1.29, 1.82) is 0 Å². The molecule has 0 aliphatic carbocycles. The van der Waals surface area contributed by atoms with Crippen LogP contribution in [0, 0.1) is 0 Å². The van der Waals surface area contributed by atoms with Crippen LogP contribution in [0.4, 0.5) is 0 Å². The van der Waals surface area contributed by atoms with E-state index < -0.39 is 0 Å². The molecule has 120 valence electrons. The van der Waals surface area contributed by atoms with Crippen molar-refractivity contribution in [2.24, 2.45) is 0 Å². The number of nitrogens with zero attached hydrogens (tertiary/aromatic N) is 2. The first-order chi connectivity index (χ1) is 12.3. The molecule has 1 heterocycles. The molecule has 0 atom stereocenters. The first kappa shape index (κ1) is 15.0. The van der Waals surface area contributed by atoms with E-state index in [0.717, 1.165) is 34.1 Å². The fourth-order valence-corrected chi connectivity index (χ4v) is 2.65. The molecule has 0 saturated heterocycles. The van der Waals surface area contributed by atoms with Gasteiger partial charge in [0.1, 0.15) is 18.4 Å². The molecular formula is C21H14N2O2. The third-order valence-electron chi connectivity index (χ3n) is 3.94. The van der Waals surface area contributed by atoms with Crippen LogP contribution in [0.15, 0.2) is 79.1 Å². The average molecular weight is 326 g/mol. The largest absolute Gasteiger partial charge is 0.438 e. The van der Waals surface area contributed by atoms with Crippen molar-refractivity contribution in [1.82, 2.24) is 9.97 Å². The zero-order chi connectivity index (χ0) is 17.1. The number of aromatic nitrogens is 2. The zero-order valence-corrected chi connectivity index (χ0v) is 13.3. The summed E-state index contributed by atoms with van der Waals surface area (Å²) in [5, 5.41) is 0.836. The van der Waals surface area contributed by atoms with E-state index in [2.05, 4.69) is 9.97 Å². The first-order valence-corrected chi connectivity index (χ1v) is 7.87. The summed E-state index contributed by atoms with van der Waals surface area (Å²) in [7, 11) is 0. The minimum absolute atomic E-state index is 0.516. The van der Waals surface area contributed by atoms with Gasteiger partial charge in [0.25, 0.3) is 0 Å². The Hall–Kier alpha value is -3.53. The predicted molar refractivity (Wildman–Crippen MR) is 96.9 cm³/mol. The number of ether oxygens (including phenoxy) is 1. The van der Waals surface area contributed by atoms with Crippen molar-refractivity contribution in [2.75, 3.05) is 0 Å². The van der Waals surface area contributed by atoms with Crippen LogP contribution in [0.3, 0.4) is 0 Å². The van der Waals surface area contributed by atoms with Crippen molar-refractivity contribution < 1.29 is 9.53 Å². The number of carbonyl (C=O) groups is 1. The van der Waals surface area contributed by atoms with Gasteiger partial charge in [-0.15, -0.1) is 0 Å². The van der Waals surface area contributed by atoms with Crippen LogP contribution < -0.4 is 4.74 Å². The highest BCUT2D eigenvalue weighted by atomic mass is 16.5. The van der Waals surface area contributed by atoms with Crippen LogP contribution in [-0.4, -0.2) is 16.3 Å². The topological polar surface area (TPSA) is 52.1 Å². The molecule has 0 amide bonds. The van der Waals surface area contributed by atoms with Crippen LogP contribution >= 0.6 is 0 Å². The monoisotopic (exact) mass is 326 g/mol. The number of hydrogen-bond donors (Lipinski definition) is 0. The van der Waals surface area contributed by atoms with Gasteiger partial charge in [-0.25, -0.2) is 9.97 Å². The highest BCUT2D eigenvalue weighted by molar-refractivity contribution is 5.88. The SMILES string of the molecule is O=Cc1ccc(-c2ccc3ncnc(Oc4ccccc4)c3c2)cc1. The van der Waals surface area contributed by atoms with Crippen LogP contribution in [0.25, 0.3) is 22.0 Å². The molecule has 0 bridgehead atoms. The normalized spacial score (nSPS) is 10.6. The minimum atomic E-state index is 0.516. The van der Waals surface area contributed by atoms with Gasteiger partial charge in [-0.05, 0) is 35.4 Å². The summed E-state index contributed by atoms with van der Waals surface area (Å²) >= 11 is 0. The molecule has 0 spiro atoms. The number of para-hydroxylation sites is 1. The van der Waals surface area contributed by atoms with E-state index in [1.807, 2.05) is 60.7 Å². The Morgan fingerprint density at radius 1 is 0.800 bits per heavy atom. The van der Waals surface area contributed by atoms with Crippen LogP contribution in [0.1, 0.15) is 10.4 Å². The second-order valence-electron chi connectivity index (χ2n) is 5.57. The summed E-state index contributed by atoms with van der Waals surface area (Å²) in [6, 6.07) is 22.9. The standard InChI is InChI=1S/C21H14N2O2/c24-13-15-6-8-16(9-7-15)17-10-11-20-19(12-17)21(23-14-22-20)25-18-4-2-1-3-5-18/h1-14H. The van der Waals surface area contributed by atoms with Gasteiger partial charge in [0.15, 0.2) is 0 Å². The molecule has 25 heavy (non-hydrogen) atoms. The molecule has 0 N–H and O–H groups in total. The molecular weight excluding hydrogens is 312 g/mol. The minimum Gasteiger partial charge on any atom is -0.438 e. The molecule has 0 fully saturated rings. The van der Waals surface area contributed by atoms with E-state index in [9.17, 15) is 4.79 Å². The molecule has 4 rings (SSSR count). The Morgan fingerprint density at radius 3 is 2.32 bits per heavy atom. The summed E-state index contributed by atoms with van der Waals surface area (Å²) in [5.41, 5.74) is 3.50. The van der Waals surface area contributed by atoms with Gasteiger partial charge in [-0.3, -0.25) is 4.79 Å². The fraction of sp³-hybridized carbons (Fsp3) is 0. The second-order valence-corrected chi connectivity index (χ2v) is 5.57. The maximum atomic E-state index is 10.8. The van der Waals surface area contributed by atoms with Gasteiger partial charge in [0.05, 0.1) is 10.9 Å².